The van der Waals surface area contributed by atoms with Crippen LogP contribution in [0.3, 0.4) is 0 Å². The van der Waals surface area contributed by atoms with Gasteiger partial charge in [-0.1, -0.05) is 0 Å². The van der Waals surface area contributed by atoms with Gasteiger partial charge >= 0.3 is 0 Å². The van der Waals surface area contributed by atoms with Crippen molar-refractivity contribution >= 4 is 0 Å². The molecule has 2 saturated carbocycles. The summed E-state index contributed by atoms with van der Waals surface area (Å²) < 4.78 is 1.87. The summed E-state index contributed by atoms with van der Waals surface area (Å²) in [6, 6.07) is 0.176. The van der Waals surface area contributed by atoms with Crippen LogP contribution in [-0.2, 0) is 0 Å². The van der Waals surface area contributed by atoms with E-state index in [2.05, 4.69) is 10.1 Å². The van der Waals surface area contributed by atoms with E-state index in [9.17, 15) is 5.11 Å². The molecule has 1 N–H and O–H groups in total. The van der Waals surface area contributed by atoms with Crippen molar-refractivity contribution < 1.29 is 5.11 Å². The lowest BCUT2D eigenvalue weighted by Gasteiger charge is -2.13. The highest BCUT2D eigenvalue weighted by Crippen LogP contribution is 2.38. The van der Waals surface area contributed by atoms with E-state index in [4.69, 9.17) is 0 Å². The standard InChI is InChI=1S/C10H15N3O/c14-9-3-1-2-8(9)13-6-11-10(12-13)7-4-5-7/h6-9,14H,1-5H2/t8-,9-/m1/s1. The summed E-state index contributed by atoms with van der Waals surface area (Å²) in [5, 5.41) is 14.2. The van der Waals surface area contributed by atoms with Crippen molar-refractivity contribution in [2.75, 3.05) is 0 Å². The largest absolute Gasteiger partial charge is 0.391 e. The topological polar surface area (TPSA) is 50.9 Å². The van der Waals surface area contributed by atoms with Crippen LogP contribution in [0.25, 0.3) is 0 Å². The smallest absolute Gasteiger partial charge is 0.153 e. The van der Waals surface area contributed by atoms with Crippen LogP contribution in [0.5, 0.6) is 0 Å². The van der Waals surface area contributed by atoms with Gasteiger partial charge in [-0.3, -0.25) is 0 Å². The molecule has 0 unspecified atom stereocenters. The first kappa shape index (κ1) is 8.41. The molecule has 1 heterocycles. The SMILES string of the molecule is O[C@@H]1CCC[C@H]1n1cnc(C2CC2)n1. The molecule has 0 aromatic carbocycles. The first-order valence-electron chi connectivity index (χ1n) is 5.44. The number of rotatable bonds is 2. The molecular formula is C10H15N3O. The lowest BCUT2D eigenvalue weighted by Crippen LogP contribution is -2.18. The van der Waals surface area contributed by atoms with E-state index in [0.717, 1.165) is 25.1 Å². The monoisotopic (exact) mass is 193 g/mol. The molecule has 2 aliphatic carbocycles. The molecule has 3 rings (SSSR count). The van der Waals surface area contributed by atoms with E-state index >= 15 is 0 Å². The van der Waals surface area contributed by atoms with Gasteiger partial charge in [-0.25, -0.2) is 9.67 Å². The molecule has 0 spiro atoms. The van der Waals surface area contributed by atoms with Crippen LogP contribution in [0.15, 0.2) is 6.33 Å². The Balaban J connectivity index is 1.81. The Morgan fingerprint density at radius 2 is 2.14 bits per heavy atom. The molecule has 0 radical (unpaired) electrons. The number of hydrogen-bond acceptors (Lipinski definition) is 3. The molecule has 1 aromatic heterocycles. The molecule has 1 aromatic rings. The fourth-order valence-corrected chi connectivity index (χ4v) is 2.21. The van der Waals surface area contributed by atoms with E-state index in [1.165, 1.54) is 12.8 Å². The van der Waals surface area contributed by atoms with Gasteiger partial charge in [-0.05, 0) is 32.1 Å². The average molecular weight is 193 g/mol. The Labute approximate surface area is 83.0 Å². The van der Waals surface area contributed by atoms with Crippen LogP contribution in [0.1, 0.15) is 49.9 Å². The minimum atomic E-state index is -0.219. The van der Waals surface area contributed by atoms with Crippen molar-refractivity contribution in [1.82, 2.24) is 14.8 Å². The second-order valence-electron chi connectivity index (χ2n) is 4.42. The molecule has 2 aliphatic rings. The predicted molar refractivity (Wildman–Crippen MR) is 50.9 cm³/mol. The minimum Gasteiger partial charge on any atom is -0.391 e. The number of nitrogens with zero attached hydrogens (tertiary/aromatic N) is 3. The van der Waals surface area contributed by atoms with Gasteiger partial charge in [0, 0.05) is 5.92 Å². The lowest BCUT2D eigenvalue weighted by atomic mass is 10.2. The Kier molecular flexibility index (Phi) is 1.83. The van der Waals surface area contributed by atoms with Crippen LogP contribution in [-0.4, -0.2) is 26.0 Å². The van der Waals surface area contributed by atoms with E-state index < -0.39 is 0 Å². The molecular weight excluding hydrogens is 178 g/mol. The highest BCUT2D eigenvalue weighted by molar-refractivity contribution is 5.03. The lowest BCUT2D eigenvalue weighted by molar-refractivity contribution is 0.130. The molecule has 0 amide bonds. The summed E-state index contributed by atoms with van der Waals surface area (Å²) in [6.45, 7) is 0. The van der Waals surface area contributed by atoms with Gasteiger partial charge in [0.1, 0.15) is 6.33 Å². The molecule has 2 fully saturated rings. The van der Waals surface area contributed by atoms with Gasteiger partial charge < -0.3 is 5.11 Å². The van der Waals surface area contributed by atoms with Gasteiger partial charge in [-0.15, -0.1) is 0 Å². The van der Waals surface area contributed by atoms with Crippen molar-refractivity contribution in [3.05, 3.63) is 12.2 Å². The van der Waals surface area contributed by atoms with Crippen molar-refractivity contribution in [2.45, 2.75) is 50.2 Å². The Hall–Kier alpha value is -0.900. The van der Waals surface area contributed by atoms with Crippen molar-refractivity contribution in [3.63, 3.8) is 0 Å². The van der Waals surface area contributed by atoms with Gasteiger partial charge in [0.05, 0.1) is 12.1 Å². The fraction of sp³-hybridized carbons (Fsp3) is 0.800. The molecule has 4 heteroatoms. The molecule has 76 valence electrons. The van der Waals surface area contributed by atoms with Crippen LogP contribution < -0.4 is 0 Å². The molecule has 0 bridgehead atoms. The Morgan fingerprint density at radius 1 is 1.29 bits per heavy atom. The third-order valence-electron chi connectivity index (χ3n) is 3.25. The zero-order valence-electron chi connectivity index (χ0n) is 8.13. The second kappa shape index (κ2) is 3.05. The van der Waals surface area contributed by atoms with Gasteiger partial charge in [-0.2, -0.15) is 5.10 Å². The Bertz CT molecular complexity index is 332. The van der Waals surface area contributed by atoms with Crippen molar-refractivity contribution in [3.8, 4) is 0 Å². The van der Waals surface area contributed by atoms with E-state index in [1.54, 1.807) is 6.33 Å². The summed E-state index contributed by atoms with van der Waals surface area (Å²) in [5.74, 6) is 1.58. The van der Waals surface area contributed by atoms with Gasteiger partial charge in [0.15, 0.2) is 5.82 Å². The molecule has 0 aliphatic heterocycles. The van der Waals surface area contributed by atoms with Crippen molar-refractivity contribution in [2.24, 2.45) is 0 Å². The van der Waals surface area contributed by atoms with E-state index in [0.29, 0.717) is 5.92 Å². The summed E-state index contributed by atoms with van der Waals surface area (Å²) in [7, 11) is 0. The Morgan fingerprint density at radius 3 is 2.79 bits per heavy atom. The predicted octanol–water partition coefficient (Wildman–Crippen LogP) is 1.24. The summed E-state index contributed by atoms with van der Waals surface area (Å²) in [6.07, 6.45) is 7.08. The maximum Gasteiger partial charge on any atom is 0.153 e. The van der Waals surface area contributed by atoms with Crippen molar-refractivity contribution in [1.29, 1.82) is 0 Å². The van der Waals surface area contributed by atoms with Crippen LogP contribution in [0.4, 0.5) is 0 Å². The molecule has 14 heavy (non-hydrogen) atoms. The first-order valence-corrected chi connectivity index (χ1v) is 5.44. The van der Waals surface area contributed by atoms with Gasteiger partial charge in [0.25, 0.3) is 0 Å². The van der Waals surface area contributed by atoms with Crippen LogP contribution in [0, 0.1) is 0 Å². The second-order valence-corrected chi connectivity index (χ2v) is 4.42. The third-order valence-corrected chi connectivity index (χ3v) is 3.25. The maximum absolute atomic E-state index is 9.72. The average Bonchev–Trinajstić information content (AvgIpc) is 2.75. The van der Waals surface area contributed by atoms with Crippen LogP contribution >= 0.6 is 0 Å². The number of aromatic nitrogens is 3. The first-order chi connectivity index (χ1) is 6.84. The normalized spacial score (nSPS) is 32.4. The fourth-order valence-electron chi connectivity index (χ4n) is 2.21. The quantitative estimate of drug-likeness (QED) is 0.768. The summed E-state index contributed by atoms with van der Waals surface area (Å²) >= 11 is 0. The summed E-state index contributed by atoms with van der Waals surface area (Å²) in [4.78, 5) is 4.30. The number of aliphatic hydroxyl groups excluding tert-OH is 1. The third kappa shape index (κ3) is 1.34. The summed E-state index contributed by atoms with van der Waals surface area (Å²) in [5.41, 5.74) is 0. The maximum atomic E-state index is 9.72. The minimum absolute atomic E-state index is 0.176. The number of aliphatic hydroxyl groups is 1. The molecule has 0 saturated heterocycles. The van der Waals surface area contributed by atoms with E-state index in [-0.39, 0.29) is 12.1 Å². The zero-order chi connectivity index (χ0) is 9.54. The van der Waals surface area contributed by atoms with Gasteiger partial charge in [0.2, 0.25) is 0 Å². The number of hydrogen-bond donors (Lipinski definition) is 1. The highest BCUT2D eigenvalue weighted by atomic mass is 16.3. The zero-order valence-corrected chi connectivity index (χ0v) is 8.13. The highest BCUT2D eigenvalue weighted by Gasteiger charge is 2.31. The molecule has 2 atom stereocenters. The van der Waals surface area contributed by atoms with E-state index in [1.807, 2.05) is 4.68 Å². The van der Waals surface area contributed by atoms with Crippen LogP contribution in [0.2, 0.25) is 0 Å². The molecule has 4 nitrogen and oxygen atoms in total.